The quantitative estimate of drug-likeness (QED) is 0.216. The van der Waals surface area contributed by atoms with Crippen LogP contribution >= 0.6 is 0 Å². The first-order valence-electron chi connectivity index (χ1n) is 10.7. The Labute approximate surface area is 191 Å². The van der Waals surface area contributed by atoms with Crippen LogP contribution in [0.1, 0.15) is 62.9 Å². The van der Waals surface area contributed by atoms with Gasteiger partial charge in [0.15, 0.2) is 5.78 Å². The van der Waals surface area contributed by atoms with E-state index in [1.807, 2.05) is 45.9 Å². The summed E-state index contributed by atoms with van der Waals surface area (Å²) in [6.45, 7) is 10.4. The molecule has 1 aliphatic heterocycles. The number of ketones is 1. The smallest absolute Gasteiger partial charge is 0.229 e. The highest BCUT2D eigenvalue weighted by molar-refractivity contribution is 5.99. The number of ether oxygens (including phenoxy) is 2. The zero-order chi connectivity index (χ0) is 24.5. The Hall–Kier alpha value is -2.98. The number of hydrogen-bond donors (Lipinski definition) is 1. The molecule has 0 aromatic heterocycles. The molecule has 0 saturated carbocycles. The number of terminal acetylenes is 1. The van der Waals surface area contributed by atoms with Crippen molar-refractivity contribution < 1.29 is 28.7 Å². The first-order chi connectivity index (χ1) is 15.2. The van der Waals surface area contributed by atoms with E-state index >= 15 is 0 Å². The van der Waals surface area contributed by atoms with E-state index in [2.05, 4.69) is 11.2 Å². The maximum Gasteiger partial charge on any atom is 0.229 e. The summed E-state index contributed by atoms with van der Waals surface area (Å²) >= 11 is 0. The van der Waals surface area contributed by atoms with Crippen molar-refractivity contribution in [1.82, 2.24) is 5.32 Å². The summed E-state index contributed by atoms with van der Waals surface area (Å²) in [6, 6.07) is 5.54. The molecular formula is C25H35NO6. The van der Waals surface area contributed by atoms with Crippen LogP contribution in [0.3, 0.4) is 0 Å². The molecule has 1 N–H and O–H groups in total. The molecule has 1 saturated heterocycles. The number of aldehydes is 1. The first kappa shape index (κ1) is 29.0. The van der Waals surface area contributed by atoms with Crippen molar-refractivity contribution in [1.29, 1.82) is 0 Å². The number of rotatable bonds is 8. The van der Waals surface area contributed by atoms with Gasteiger partial charge in [0.05, 0.1) is 6.61 Å². The van der Waals surface area contributed by atoms with Gasteiger partial charge in [0.1, 0.15) is 25.2 Å². The molecular weight excluding hydrogens is 410 g/mol. The van der Waals surface area contributed by atoms with Crippen molar-refractivity contribution in [3.8, 4) is 18.1 Å². The van der Waals surface area contributed by atoms with Crippen molar-refractivity contribution in [2.24, 2.45) is 11.8 Å². The van der Waals surface area contributed by atoms with Crippen LogP contribution in [0.2, 0.25) is 0 Å². The zero-order valence-electron chi connectivity index (χ0n) is 19.7. The van der Waals surface area contributed by atoms with Gasteiger partial charge in [-0.3, -0.25) is 19.7 Å². The molecule has 1 heterocycles. The molecule has 32 heavy (non-hydrogen) atoms. The lowest BCUT2D eigenvalue weighted by molar-refractivity contribution is -0.135. The van der Waals surface area contributed by atoms with Gasteiger partial charge in [0.25, 0.3) is 0 Å². The monoisotopic (exact) mass is 445 g/mol. The van der Waals surface area contributed by atoms with E-state index in [0.717, 1.165) is 29.6 Å². The third-order valence-electron chi connectivity index (χ3n) is 4.72. The Bertz CT molecular complexity index is 796. The first-order valence-corrected chi connectivity index (χ1v) is 10.7. The van der Waals surface area contributed by atoms with Crippen molar-refractivity contribution in [2.75, 3.05) is 19.8 Å². The molecule has 0 radical (unpaired) electrons. The topological polar surface area (TPSA) is 98.8 Å². The second kappa shape index (κ2) is 16.7. The van der Waals surface area contributed by atoms with Crippen molar-refractivity contribution in [3.63, 3.8) is 0 Å². The van der Waals surface area contributed by atoms with Crippen LogP contribution in [-0.2, 0) is 19.1 Å². The molecule has 2 amide bonds. The average molecular weight is 446 g/mol. The molecule has 7 nitrogen and oxygen atoms in total. The number of amides is 2. The van der Waals surface area contributed by atoms with Crippen LogP contribution in [0.5, 0.6) is 5.75 Å². The minimum atomic E-state index is -0.141. The van der Waals surface area contributed by atoms with Crippen LogP contribution in [0, 0.1) is 31.1 Å². The van der Waals surface area contributed by atoms with E-state index < -0.39 is 0 Å². The summed E-state index contributed by atoms with van der Waals surface area (Å²) in [7, 11) is 0. The summed E-state index contributed by atoms with van der Waals surface area (Å²) in [6.07, 6.45) is 7.87. The van der Waals surface area contributed by atoms with Crippen LogP contribution < -0.4 is 10.1 Å². The second-order valence-electron chi connectivity index (χ2n) is 7.34. The van der Waals surface area contributed by atoms with Gasteiger partial charge >= 0.3 is 0 Å². The fourth-order valence-electron chi connectivity index (χ4n) is 2.60. The second-order valence-corrected chi connectivity index (χ2v) is 7.34. The number of hydrogen-bond acceptors (Lipinski definition) is 6. The van der Waals surface area contributed by atoms with E-state index in [-0.39, 0.29) is 29.4 Å². The summed E-state index contributed by atoms with van der Waals surface area (Å²) in [5.74, 6) is 3.12. The van der Waals surface area contributed by atoms with Gasteiger partial charge in [0, 0.05) is 23.8 Å². The SMILES string of the molecule is C#CCOCCOc1ccc(C(=O)C(C)CC)c(C)c1.CC1CCC(=O)NC1=O.CC=O. The molecule has 2 rings (SSSR count). The number of benzene rings is 1. The Morgan fingerprint density at radius 1 is 1.34 bits per heavy atom. The average Bonchev–Trinajstić information content (AvgIpc) is 2.76. The van der Waals surface area contributed by atoms with E-state index in [9.17, 15) is 14.4 Å². The maximum absolute atomic E-state index is 12.2. The van der Waals surface area contributed by atoms with Crippen LogP contribution in [0.15, 0.2) is 18.2 Å². The highest BCUT2D eigenvalue weighted by Crippen LogP contribution is 2.21. The summed E-state index contributed by atoms with van der Waals surface area (Å²) in [5, 5.41) is 2.25. The standard InChI is InChI=1S/C17H22O3.C6H9NO2.C2H4O/c1-5-9-19-10-11-20-15-7-8-16(14(4)12-15)17(18)13(3)6-2;1-4-2-3-5(8)7-6(4)9;1-2-3/h1,7-8,12-13H,6,9-11H2,2-4H3;4H,2-3H2,1H3,(H,7,8,9);2H,1H3. The molecule has 1 aromatic rings. The minimum absolute atomic E-state index is 0.0164. The van der Waals surface area contributed by atoms with Crippen molar-refractivity contribution >= 4 is 23.9 Å². The molecule has 1 fully saturated rings. The molecule has 0 bridgehead atoms. The highest BCUT2D eigenvalue weighted by Gasteiger charge is 2.21. The fraction of sp³-hybridized carbons (Fsp3) is 0.520. The molecule has 176 valence electrons. The van der Waals surface area contributed by atoms with E-state index in [4.69, 9.17) is 20.7 Å². The van der Waals surface area contributed by atoms with E-state index in [1.54, 1.807) is 0 Å². The van der Waals surface area contributed by atoms with Crippen molar-refractivity contribution in [2.45, 2.75) is 53.9 Å². The summed E-state index contributed by atoms with van der Waals surface area (Å²) in [5.41, 5.74) is 1.72. The molecule has 2 unspecified atom stereocenters. The minimum Gasteiger partial charge on any atom is -0.491 e. The molecule has 2 atom stereocenters. The fourth-order valence-corrected chi connectivity index (χ4v) is 2.60. The molecule has 0 spiro atoms. The number of Topliss-reactive ketones (excluding diaryl/α,β-unsaturated/α-hetero) is 1. The number of carbonyl (C=O) groups excluding carboxylic acids is 4. The molecule has 1 aliphatic rings. The van der Waals surface area contributed by atoms with Crippen molar-refractivity contribution in [3.05, 3.63) is 29.3 Å². The molecule has 7 heteroatoms. The van der Waals surface area contributed by atoms with E-state index in [0.29, 0.717) is 32.7 Å². The van der Waals surface area contributed by atoms with Gasteiger partial charge in [-0.25, -0.2) is 0 Å². The zero-order valence-corrected chi connectivity index (χ0v) is 19.7. The normalized spacial score (nSPS) is 15.6. The Morgan fingerprint density at radius 2 is 2.00 bits per heavy atom. The predicted octanol–water partition coefficient (Wildman–Crippen LogP) is 3.52. The van der Waals surface area contributed by atoms with Gasteiger partial charge in [-0.15, -0.1) is 6.42 Å². The number of nitrogens with one attached hydrogen (secondary N) is 1. The number of aryl methyl sites for hydroxylation is 1. The van der Waals surface area contributed by atoms with Crippen LogP contribution in [0.25, 0.3) is 0 Å². The Morgan fingerprint density at radius 3 is 2.50 bits per heavy atom. The summed E-state index contributed by atoms with van der Waals surface area (Å²) < 4.78 is 10.7. The maximum atomic E-state index is 12.2. The van der Waals surface area contributed by atoms with Gasteiger partial charge in [0.2, 0.25) is 11.8 Å². The lowest BCUT2D eigenvalue weighted by Gasteiger charge is -2.15. The lowest BCUT2D eigenvalue weighted by Crippen LogP contribution is -2.39. The van der Waals surface area contributed by atoms with E-state index in [1.165, 1.54) is 6.92 Å². The summed E-state index contributed by atoms with van der Waals surface area (Å²) in [4.78, 5) is 42.1. The van der Waals surface area contributed by atoms with Gasteiger partial charge in [-0.2, -0.15) is 0 Å². The number of imide groups is 1. The van der Waals surface area contributed by atoms with Gasteiger partial charge < -0.3 is 14.3 Å². The molecule has 0 aliphatic carbocycles. The number of carbonyl (C=O) groups is 4. The Balaban J connectivity index is 0.000000659. The predicted molar refractivity (Wildman–Crippen MR) is 123 cm³/mol. The van der Waals surface area contributed by atoms with Gasteiger partial charge in [-0.1, -0.05) is 26.7 Å². The van der Waals surface area contributed by atoms with Crippen LogP contribution in [0.4, 0.5) is 0 Å². The van der Waals surface area contributed by atoms with Gasteiger partial charge in [-0.05, 0) is 50.5 Å². The Kier molecular flexibility index (Phi) is 15.1. The van der Waals surface area contributed by atoms with Crippen LogP contribution in [-0.4, -0.2) is 43.7 Å². The third kappa shape index (κ3) is 11.4. The highest BCUT2D eigenvalue weighted by atomic mass is 16.5. The molecule has 1 aromatic carbocycles. The number of piperidine rings is 1. The lowest BCUT2D eigenvalue weighted by atomic mass is 9.94. The third-order valence-corrected chi connectivity index (χ3v) is 4.72. The largest absolute Gasteiger partial charge is 0.491 e.